The Kier molecular flexibility index (Phi) is 3.18. The number of pyridine rings is 1. The summed E-state index contributed by atoms with van der Waals surface area (Å²) in [5.41, 5.74) is 2.27. The molecule has 20 heavy (non-hydrogen) atoms. The average Bonchev–Trinajstić information content (AvgIpc) is 2.88. The Morgan fingerprint density at radius 2 is 2.25 bits per heavy atom. The van der Waals surface area contributed by atoms with Gasteiger partial charge in [0, 0.05) is 17.6 Å². The van der Waals surface area contributed by atoms with E-state index in [0.29, 0.717) is 19.4 Å². The number of para-hydroxylation sites is 1. The van der Waals surface area contributed by atoms with Gasteiger partial charge in [-0.15, -0.1) is 0 Å². The van der Waals surface area contributed by atoms with Crippen molar-refractivity contribution < 1.29 is 9.90 Å². The van der Waals surface area contributed by atoms with Crippen LogP contribution < -0.4 is 5.32 Å². The molecule has 0 spiro atoms. The summed E-state index contributed by atoms with van der Waals surface area (Å²) in [5.74, 6) is -0.707. The van der Waals surface area contributed by atoms with Crippen molar-refractivity contribution in [1.29, 1.82) is 0 Å². The van der Waals surface area contributed by atoms with Crippen LogP contribution in [-0.2, 0) is 11.2 Å². The minimum atomic E-state index is -0.707. The van der Waals surface area contributed by atoms with E-state index in [2.05, 4.69) is 10.3 Å². The fraction of sp³-hybridized carbons (Fsp3) is 0.375. The molecule has 0 bridgehead atoms. The molecule has 4 nitrogen and oxygen atoms in total. The van der Waals surface area contributed by atoms with Crippen molar-refractivity contribution in [1.82, 2.24) is 10.3 Å². The van der Waals surface area contributed by atoms with E-state index in [1.165, 1.54) is 0 Å². The van der Waals surface area contributed by atoms with Gasteiger partial charge in [-0.1, -0.05) is 18.2 Å². The van der Waals surface area contributed by atoms with Crippen molar-refractivity contribution in [3.8, 4) is 0 Å². The minimum absolute atomic E-state index is 0.540. The molecule has 2 N–H and O–H groups in total. The molecular formula is C16H18N2O2. The molecule has 1 unspecified atom stereocenters. The molecule has 0 saturated carbocycles. The standard InChI is InChI=1S/C16H18N2O2/c1-11-8-12(13-4-2-3-5-14(13)18-11)9-16(15(19)20)6-7-17-10-16/h2-5,8,17H,6-7,9-10H2,1H3,(H,19,20). The maximum atomic E-state index is 11.7. The van der Waals surface area contributed by atoms with Crippen LogP contribution in [0.15, 0.2) is 30.3 Å². The molecule has 2 heterocycles. The Morgan fingerprint density at radius 1 is 1.45 bits per heavy atom. The summed E-state index contributed by atoms with van der Waals surface area (Å²) >= 11 is 0. The number of aromatic nitrogens is 1. The minimum Gasteiger partial charge on any atom is -0.481 e. The van der Waals surface area contributed by atoms with Crippen LogP contribution in [0.1, 0.15) is 17.7 Å². The lowest BCUT2D eigenvalue weighted by Crippen LogP contribution is -2.35. The number of fused-ring (bicyclic) bond motifs is 1. The lowest BCUT2D eigenvalue weighted by atomic mass is 9.80. The van der Waals surface area contributed by atoms with Crippen LogP contribution in [0.3, 0.4) is 0 Å². The Hall–Kier alpha value is -1.94. The van der Waals surface area contributed by atoms with Crippen LogP contribution in [0.25, 0.3) is 10.9 Å². The van der Waals surface area contributed by atoms with Gasteiger partial charge < -0.3 is 10.4 Å². The third kappa shape index (κ3) is 2.16. The van der Waals surface area contributed by atoms with E-state index in [1.807, 2.05) is 37.3 Å². The molecule has 0 radical (unpaired) electrons. The molecular weight excluding hydrogens is 252 g/mol. The first-order valence-corrected chi connectivity index (χ1v) is 6.90. The first-order valence-electron chi connectivity index (χ1n) is 6.90. The second-order valence-electron chi connectivity index (χ2n) is 5.63. The fourth-order valence-electron chi connectivity index (χ4n) is 3.06. The summed E-state index contributed by atoms with van der Waals surface area (Å²) in [7, 11) is 0. The number of hydrogen-bond donors (Lipinski definition) is 2. The lowest BCUT2D eigenvalue weighted by molar-refractivity contribution is -0.147. The second kappa shape index (κ2) is 4.87. The number of rotatable bonds is 3. The largest absolute Gasteiger partial charge is 0.481 e. The Balaban J connectivity index is 2.08. The van der Waals surface area contributed by atoms with Gasteiger partial charge in [0.25, 0.3) is 0 Å². The molecule has 104 valence electrons. The lowest BCUT2D eigenvalue weighted by Gasteiger charge is -2.23. The van der Waals surface area contributed by atoms with Gasteiger partial charge in [-0.25, -0.2) is 0 Å². The van der Waals surface area contributed by atoms with Crippen LogP contribution in [0, 0.1) is 12.3 Å². The monoisotopic (exact) mass is 270 g/mol. The number of carboxylic acids is 1. The highest BCUT2D eigenvalue weighted by Gasteiger charge is 2.41. The molecule has 1 aromatic carbocycles. The van der Waals surface area contributed by atoms with Crippen molar-refractivity contribution in [2.24, 2.45) is 5.41 Å². The molecule has 1 aliphatic rings. The van der Waals surface area contributed by atoms with Crippen LogP contribution in [0.5, 0.6) is 0 Å². The summed E-state index contributed by atoms with van der Waals surface area (Å²) in [6.07, 6.45) is 1.23. The molecule has 1 saturated heterocycles. The molecule has 1 atom stereocenters. The molecule has 2 aromatic rings. The van der Waals surface area contributed by atoms with E-state index in [9.17, 15) is 9.90 Å². The average molecular weight is 270 g/mol. The van der Waals surface area contributed by atoms with Gasteiger partial charge in [0.2, 0.25) is 0 Å². The molecule has 4 heteroatoms. The molecule has 0 amide bonds. The third-order valence-corrected chi connectivity index (χ3v) is 4.16. The van der Waals surface area contributed by atoms with E-state index in [0.717, 1.165) is 28.7 Å². The van der Waals surface area contributed by atoms with Crippen molar-refractivity contribution in [2.75, 3.05) is 13.1 Å². The summed E-state index contributed by atoms with van der Waals surface area (Å²) in [4.78, 5) is 16.2. The van der Waals surface area contributed by atoms with E-state index in [-0.39, 0.29) is 0 Å². The third-order valence-electron chi connectivity index (χ3n) is 4.16. The van der Waals surface area contributed by atoms with E-state index in [1.54, 1.807) is 0 Å². The van der Waals surface area contributed by atoms with Crippen molar-refractivity contribution in [3.63, 3.8) is 0 Å². The normalized spacial score (nSPS) is 22.2. The highest BCUT2D eigenvalue weighted by atomic mass is 16.4. The number of nitrogens with zero attached hydrogens (tertiary/aromatic N) is 1. The number of carboxylic acid groups (broad SMARTS) is 1. The molecule has 1 aliphatic heterocycles. The number of nitrogens with one attached hydrogen (secondary N) is 1. The summed E-state index contributed by atoms with van der Waals surface area (Å²) in [6.45, 7) is 3.27. The van der Waals surface area contributed by atoms with Crippen molar-refractivity contribution in [3.05, 3.63) is 41.6 Å². The number of aliphatic carboxylic acids is 1. The predicted molar refractivity (Wildman–Crippen MR) is 77.7 cm³/mol. The Labute approximate surface area is 117 Å². The fourth-order valence-corrected chi connectivity index (χ4v) is 3.06. The van der Waals surface area contributed by atoms with Crippen molar-refractivity contribution in [2.45, 2.75) is 19.8 Å². The van der Waals surface area contributed by atoms with Gasteiger partial charge in [-0.3, -0.25) is 9.78 Å². The van der Waals surface area contributed by atoms with Crippen LogP contribution in [0.4, 0.5) is 0 Å². The Bertz CT molecular complexity index is 661. The molecule has 0 aliphatic carbocycles. The number of benzene rings is 1. The first-order chi connectivity index (χ1) is 9.61. The first kappa shape index (κ1) is 13.1. The summed E-state index contributed by atoms with van der Waals surface area (Å²) < 4.78 is 0. The summed E-state index contributed by atoms with van der Waals surface area (Å²) in [6, 6.07) is 9.96. The molecule has 1 fully saturated rings. The topological polar surface area (TPSA) is 62.2 Å². The van der Waals surface area contributed by atoms with Gasteiger partial charge in [0.15, 0.2) is 0 Å². The van der Waals surface area contributed by atoms with E-state index < -0.39 is 11.4 Å². The SMILES string of the molecule is Cc1cc(CC2(C(=O)O)CCNC2)c2ccccc2n1. The van der Waals surface area contributed by atoms with Crippen LogP contribution >= 0.6 is 0 Å². The van der Waals surface area contributed by atoms with Gasteiger partial charge >= 0.3 is 5.97 Å². The van der Waals surface area contributed by atoms with Gasteiger partial charge in [-0.05, 0) is 44.0 Å². The summed E-state index contributed by atoms with van der Waals surface area (Å²) in [5, 5.41) is 13.9. The zero-order valence-corrected chi connectivity index (χ0v) is 11.5. The quantitative estimate of drug-likeness (QED) is 0.897. The van der Waals surface area contributed by atoms with Crippen LogP contribution in [0.2, 0.25) is 0 Å². The maximum absolute atomic E-state index is 11.7. The van der Waals surface area contributed by atoms with E-state index in [4.69, 9.17) is 0 Å². The van der Waals surface area contributed by atoms with Gasteiger partial charge in [0.05, 0.1) is 10.9 Å². The maximum Gasteiger partial charge on any atom is 0.311 e. The van der Waals surface area contributed by atoms with Gasteiger partial charge in [-0.2, -0.15) is 0 Å². The van der Waals surface area contributed by atoms with E-state index >= 15 is 0 Å². The molecule has 3 rings (SSSR count). The highest BCUT2D eigenvalue weighted by Crippen LogP contribution is 2.33. The number of aryl methyl sites for hydroxylation is 1. The smallest absolute Gasteiger partial charge is 0.311 e. The van der Waals surface area contributed by atoms with Crippen molar-refractivity contribution >= 4 is 16.9 Å². The molecule has 1 aromatic heterocycles. The van der Waals surface area contributed by atoms with Crippen LogP contribution in [-0.4, -0.2) is 29.1 Å². The van der Waals surface area contributed by atoms with Gasteiger partial charge in [0.1, 0.15) is 0 Å². The number of hydrogen-bond acceptors (Lipinski definition) is 3. The predicted octanol–water partition coefficient (Wildman–Crippen LogP) is 2.15. The zero-order chi connectivity index (χ0) is 14.2. The second-order valence-corrected chi connectivity index (χ2v) is 5.63. The zero-order valence-electron chi connectivity index (χ0n) is 11.5. The highest BCUT2D eigenvalue weighted by molar-refractivity contribution is 5.84. The Morgan fingerprint density at radius 3 is 2.95 bits per heavy atom. The number of carbonyl (C=O) groups is 1.